The zero-order valence-corrected chi connectivity index (χ0v) is 6.88. The highest BCUT2D eigenvalue weighted by Crippen LogP contribution is 2.02. The van der Waals surface area contributed by atoms with Gasteiger partial charge in [-0.25, -0.2) is 4.98 Å². The van der Waals surface area contributed by atoms with E-state index in [-0.39, 0.29) is 6.61 Å². The predicted molar refractivity (Wildman–Crippen MR) is 45.3 cm³/mol. The van der Waals surface area contributed by atoms with Crippen LogP contribution in [0, 0.1) is 0 Å². The van der Waals surface area contributed by atoms with Gasteiger partial charge >= 0.3 is 5.97 Å². The lowest BCUT2D eigenvalue weighted by molar-refractivity contribution is -0.139. The normalized spacial score (nSPS) is 12.1. The first kappa shape index (κ1) is 9.47. The summed E-state index contributed by atoms with van der Waals surface area (Å²) in [5, 5.41) is 8.43. The quantitative estimate of drug-likeness (QED) is 0.677. The number of aromatic nitrogens is 1. The minimum Gasteiger partial charge on any atom is -0.480 e. The number of carbonyl (C=O) groups is 1. The lowest BCUT2D eigenvalue weighted by Gasteiger charge is -2.07. The van der Waals surface area contributed by atoms with Crippen molar-refractivity contribution in [2.24, 2.45) is 5.73 Å². The summed E-state index contributed by atoms with van der Waals surface area (Å²) in [6.45, 7) is -0.0770. The van der Waals surface area contributed by atoms with Crippen LogP contribution in [0.2, 0.25) is 0 Å². The lowest BCUT2D eigenvalue weighted by Crippen LogP contribution is -2.36. The molecule has 1 unspecified atom stereocenters. The third-order valence-electron chi connectivity index (χ3n) is 1.37. The van der Waals surface area contributed by atoms with Gasteiger partial charge in [0.1, 0.15) is 12.6 Å². The van der Waals surface area contributed by atoms with Gasteiger partial charge in [0.15, 0.2) is 0 Å². The summed E-state index contributed by atoms with van der Waals surface area (Å²) in [5.74, 6) is -0.713. The Morgan fingerprint density at radius 3 is 3.00 bits per heavy atom. The molecule has 1 atom stereocenters. The number of hydrogen-bond donors (Lipinski definition) is 2. The molecule has 0 aliphatic carbocycles. The molecule has 3 N–H and O–H groups in total. The molecule has 70 valence electrons. The zero-order chi connectivity index (χ0) is 9.68. The fourth-order valence-electron chi connectivity index (χ4n) is 0.679. The topological polar surface area (TPSA) is 85.4 Å². The molecule has 0 amide bonds. The average Bonchev–Trinajstić information content (AvgIpc) is 2.15. The Balaban J connectivity index is 2.39. The molecule has 1 heterocycles. The first-order valence-corrected chi connectivity index (χ1v) is 3.72. The van der Waals surface area contributed by atoms with Gasteiger partial charge in [-0.05, 0) is 6.07 Å². The van der Waals surface area contributed by atoms with Crippen LogP contribution in [0.25, 0.3) is 0 Å². The Labute approximate surface area is 75.2 Å². The largest absolute Gasteiger partial charge is 0.480 e. The lowest BCUT2D eigenvalue weighted by atomic mass is 10.3. The number of ether oxygens (including phenoxy) is 1. The van der Waals surface area contributed by atoms with Crippen LogP contribution in [0.15, 0.2) is 24.4 Å². The van der Waals surface area contributed by atoms with Crippen molar-refractivity contribution < 1.29 is 14.6 Å². The number of carboxylic acid groups (broad SMARTS) is 1. The first-order chi connectivity index (χ1) is 6.20. The van der Waals surface area contributed by atoms with Gasteiger partial charge in [-0.15, -0.1) is 0 Å². The van der Waals surface area contributed by atoms with Crippen molar-refractivity contribution in [3.63, 3.8) is 0 Å². The molecule has 0 fully saturated rings. The summed E-state index contributed by atoms with van der Waals surface area (Å²) >= 11 is 0. The molecule has 0 aromatic carbocycles. The van der Waals surface area contributed by atoms with E-state index in [1.165, 1.54) is 0 Å². The Bertz CT molecular complexity index is 276. The van der Waals surface area contributed by atoms with Crippen LogP contribution in [-0.2, 0) is 4.79 Å². The predicted octanol–water partition coefficient (Wildman–Crippen LogP) is -0.128. The van der Waals surface area contributed by atoms with Crippen LogP contribution in [0.4, 0.5) is 0 Å². The molecule has 0 saturated heterocycles. The Kier molecular flexibility index (Phi) is 3.22. The van der Waals surface area contributed by atoms with Crippen LogP contribution >= 0.6 is 0 Å². The molecule has 13 heavy (non-hydrogen) atoms. The van der Waals surface area contributed by atoms with E-state index in [2.05, 4.69) is 4.98 Å². The summed E-state index contributed by atoms with van der Waals surface area (Å²) in [7, 11) is 0. The number of rotatable bonds is 4. The molecule has 1 aromatic rings. The van der Waals surface area contributed by atoms with Gasteiger partial charge in [0, 0.05) is 12.3 Å². The molecule has 0 saturated carbocycles. The minimum absolute atomic E-state index is 0.0770. The summed E-state index contributed by atoms with van der Waals surface area (Å²) < 4.78 is 5.01. The first-order valence-electron chi connectivity index (χ1n) is 3.72. The maximum absolute atomic E-state index is 10.3. The van der Waals surface area contributed by atoms with E-state index < -0.39 is 12.0 Å². The van der Waals surface area contributed by atoms with Crippen LogP contribution in [0.3, 0.4) is 0 Å². The minimum atomic E-state index is -1.09. The number of aliphatic carboxylic acids is 1. The number of nitrogens with zero attached hydrogens (tertiary/aromatic N) is 1. The maximum atomic E-state index is 10.3. The molecule has 5 nitrogen and oxygen atoms in total. The molecular formula is C8H10N2O3. The molecule has 0 aliphatic heterocycles. The Hall–Kier alpha value is -1.62. The fourth-order valence-corrected chi connectivity index (χ4v) is 0.679. The Morgan fingerprint density at radius 1 is 1.69 bits per heavy atom. The third-order valence-corrected chi connectivity index (χ3v) is 1.37. The van der Waals surface area contributed by atoms with Gasteiger partial charge in [-0.2, -0.15) is 0 Å². The SMILES string of the molecule is NC(COc1ccccn1)C(=O)O. The third kappa shape index (κ3) is 3.08. The van der Waals surface area contributed by atoms with E-state index in [9.17, 15) is 4.79 Å². The molecule has 0 radical (unpaired) electrons. The van der Waals surface area contributed by atoms with E-state index in [1.54, 1.807) is 24.4 Å². The van der Waals surface area contributed by atoms with Gasteiger partial charge in [-0.1, -0.05) is 6.07 Å². The van der Waals surface area contributed by atoms with Crippen molar-refractivity contribution in [2.75, 3.05) is 6.61 Å². The van der Waals surface area contributed by atoms with Gasteiger partial charge in [-0.3, -0.25) is 4.79 Å². The molecule has 5 heteroatoms. The average molecular weight is 182 g/mol. The van der Waals surface area contributed by atoms with E-state index in [4.69, 9.17) is 15.6 Å². The zero-order valence-electron chi connectivity index (χ0n) is 6.88. The van der Waals surface area contributed by atoms with E-state index in [0.717, 1.165) is 0 Å². The second-order valence-electron chi connectivity index (χ2n) is 2.42. The van der Waals surface area contributed by atoms with Crippen molar-refractivity contribution in [2.45, 2.75) is 6.04 Å². The van der Waals surface area contributed by atoms with Crippen LogP contribution < -0.4 is 10.5 Å². The highest BCUT2D eigenvalue weighted by Gasteiger charge is 2.11. The molecule has 0 aliphatic rings. The molecule has 0 spiro atoms. The maximum Gasteiger partial charge on any atom is 0.324 e. The van der Waals surface area contributed by atoms with Gasteiger partial charge in [0.05, 0.1) is 0 Å². The standard InChI is InChI=1S/C8H10N2O3/c9-6(8(11)12)5-13-7-3-1-2-4-10-7/h1-4,6H,5,9H2,(H,11,12). The summed E-state index contributed by atoms with van der Waals surface area (Å²) in [4.78, 5) is 14.1. The fraction of sp³-hybridized carbons (Fsp3) is 0.250. The van der Waals surface area contributed by atoms with E-state index in [0.29, 0.717) is 5.88 Å². The van der Waals surface area contributed by atoms with Crippen molar-refractivity contribution in [3.8, 4) is 5.88 Å². The molecule has 0 bridgehead atoms. The van der Waals surface area contributed by atoms with Crippen molar-refractivity contribution in [1.29, 1.82) is 0 Å². The number of pyridine rings is 1. The molecule has 1 aromatic heterocycles. The van der Waals surface area contributed by atoms with Crippen LogP contribution in [-0.4, -0.2) is 28.7 Å². The number of hydrogen-bond acceptors (Lipinski definition) is 4. The van der Waals surface area contributed by atoms with Crippen molar-refractivity contribution in [3.05, 3.63) is 24.4 Å². The summed E-state index contributed by atoms with van der Waals surface area (Å²) in [6.07, 6.45) is 1.56. The van der Waals surface area contributed by atoms with Gasteiger partial charge in [0.25, 0.3) is 0 Å². The smallest absolute Gasteiger partial charge is 0.324 e. The summed E-state index contributed by atoms with van der Waals surface area (Å²) in [6, 6.07) is 4.11. The highest BCUT2D eigenvalue weighted by molar-refractivity contribution is 5.73. The van der Waals surface area contributed by atoms with Crippen LogP contribution in [0.5, 0.6) is 5.88 Å². The van der Waals surface area contributed by atoms with Gasteiger partial charge < -0.3 is 15.6 Å². The van der Waals surface area contributed by atoms with Gasteiger partial charge in [0.2, 0.25) is 5.88 Å². The number of nitrogens with two attached hydrogens (primary N) is 1. The highest BCUT2D eigenvalue weighted by atomic mass is 16.5. The van der Waals surface area contributed by atoms with E-state index in [1.807, 2.05) is 0 Å². The second-order valence-corrected chi connectivity index (χ2v) is 2.42. The number of carboxylic acids is 1. The van der Waals surface area contributed by atoms with E-state index >= 15 is 0 Å². The molecule has 1 rings (SSSR count). The molecular weight excluding hydrogens is 172 g/mol. The Morgan fingerprint density at radius 2 is 2.46 bits per heavy atom. The monoisotopic (exact) mass is 182 g/mol. The van der Waals surface area contributed by atoms with Crippen LogP contribution in [0.1, 0.15) is 0 Å². The van der Waals surface area contributed by atoms with Crippen molar-refractivity contribution >= 4 is 5.97 Å². The summed E-state index contributed by atoms with van der Waals surface area (Å²) in [5.41, 5.74) is 5.21. The second kappa shape index (κ2) is 4.42. The van der Waals surface area contributed by atoms with Crippen molar-refractivity contribution in [1.82, 2.24) is 4.98 Å².